The van der Waals surface area contributed by atoms with Gasteiger partial charge in [0.1, 0.15) is 0 Å². The Balaban J connectivity index is 1.90. The lowest BCUT2D eigenvalue weighted by molar-refractivity contribution is 0.102. The summed E-state index contributed by atoms with van der Waals surface area (Å²) in [5.74, 6) is 0.513. The molecule has 3 aromatic rings. The zero-order valence-corrected chi connectivity index (χ0v) is 16.4. The number of aryl methyl sites for hydroxylation is 3. The van der Waals surface area contributed by atoms with Gasteiger partial charge in [-0.1, -0.05) is 34.6 Å². The predicted octanol–water partition coefficient (Wildman–Crippen LogP) is 4.43. The van der Waals surface area contributed by atoms with Gasteiger partial charge in [-0.2, -0.15) is 5.10 Å². The molecule has 26 heavy (non-hydrogen) atoms. The van der Waals surface area contributed by atoms with Gasteiger partial charge in [-0.15, -0.1) is 6.58 Å². The summed E-state index contributed by atoms with van der Waals surface area (Å²) in [6, 6.07) is 5.75. The standard InChI is InChI=1S/C18H19N5OS2/c1-5-6-23-15(21-22-18(23)25)14-12(4)19-17(26-14)20-16(24)13-8-10(2)7-11(3)9-13/h5,7-9H,1,6H2,2-4H3,(H,22,25)(H,19,20,24). The van der Waals surface area contributed by atoms with Crippen LogP contribution in [0.5, 0.6) is 0 Å². The maximum Gasteiger partial charge on any atom is 0.257 e. The van der Waals surface area contributed by atoms with Gasteiger partial charge in [0, 0.05) is 12.1 Å². The lowest BCUT2D eigenvalue weighted by Crippen LogP contribution is -2.12. The Hall–Kier alpha value is -2.58. The van der Waals surface area contributed by atoms with Crippen LogP contribution in [0.3, 0.4) is 0 Å². The third-order valence-corrected chi connectivity index (χ3v) is 5.15. The molecule has 2 aromatic heterocycles. The molecule has 0 saturated heterocycles. The summed E-state index contributed by atoms with van der Waals surface area (Å²) in [4.78, 5) is 17.9. The molecule has 1 amide bonds. The van der Waals surface area contributed by atoms with Gasteiger partial charge >= 0.3 is 0 Å². The molecule has 3 rings (SSSR count). The lowest BCUT2D eigenvalue weighted by atomic mass is 10.1. The topological polar surface area (TPSA) is 75.6 Å². The number of rotatable bonds is 5. The maximum atomic E-state index is 12.5. The third kappa shape index (κ3) is 3.66. The Kier molecular flexibility index (Phi) is 5.15. The SMILES string of the molecule is C=CCn1c(-c2sc(NC(=O)c3cc(C)cc(C)c3)nc2C)n[nH]c1=S. The van der Waals surface area contributed by atoms with Gasteiger partial charge in [0.15, 0.2) is 15.7 Å². The molecule has 0 spiro atoms. The van der Waals surface area contributed by atoms with E-state index in [2.05, 4.69) is 27.1 Å². The van der Waals surface area contributed by atoms with Crippen molar-refractivity contribution in [1.82, 2.24) is 19.7 Å². The smallest absolute Gasteiger partial charge is 0.257 e. The number of benzene rings is 1. The quantitative estimate of drug-likeness (QED) is 0.503. The van der Waals surface area contributed by atoms with Crippen LogP contribution in [0, 0.1) is 25.5 Å². The monoisotopic (exact) mass is 385 g/mol. The number of carbonyl (C=O) groups is 1. The van der Waals surface area contributed by atoms with Crippen molar-refractivity contribution in [2.75, 3.05) is 5.32 Å². The van der Waals surface area contributed by atoms with E-state index >= 15 is 0 Å². The summed E-state index contributed by atoms with van der Waals surface area (Å²) in [5, 5.41) is 10.5. The van der Waals surface area contributed by atoms with E-state index in [4.69, 9.17) is 12.2 Å². The second-order valence-corrected chi connectivity index (χ2v) is 7.40. The second kappa shape index (κ2) is 7.35. The van der Waals surface area contributed by atoms with E-state index in [1.165, 1.54) is 11.3 Å². The first-order valence-corrected chi connectivity index (χ1v) is 9.25. The molecule has 0 bridgehead atoms. The highest BCUT2D eigenvalue weighted by atomic mass is 32.1. The summed E-state index contributed by atoms with van der Waals surface area (Å²) in [6.45, 7) is 10.1. The molecule has 0 aliphatic carbocycles. The van der Waals surface area contributed by atoms with Crippen LogP contribution in [-0.4, -0.2) is 25.7 Å². The number of hydrogen-bond donors (Lipinski definition) is 2. The van der Waals surface area contributed by atoms with Crippen LogP contribution >= 0.6 is 23.6 Å². The van der Waals surface area contributed by atoms with E-state index in [0.717, 1.165) is 21.7 Å². The van der Waals surface area contributed by atoms with E-state index < -0.39 is 0 Å². The van der Waals surface area contributed by atoms with Gasteiger partial charge in [0.2, 0.25) is 0 Å². The van der Waals surface area contributed by atoms with Crippen molar-refractivity contribution in [3.63, 3.8) is 0 Å². The number of carbonyl (C=O) groups excluding carboxylic acids is 1. The van der Waals surface area contributed by atoms with Crippen LogP contribution in [0.4, 0.5) is 5.13 Å². The van der Waals surface area contributed by atoms with E-state index in [0.29, 0.717) is 27.8 Å². The van der Waals surface area contributed by atoms with Crippen LogP contribution in [0.2, 0.25) is 0 Å². The molecule has 2 N–H and O–H groups in total. The Labute approximate surface area is 160 Å². The third-order valence-electron chi connectivity index (χ3n) is 3.77. The van der Waals surface area contributed by atoms with Crippen LogP contribution in [0.15, 0.2) is 30.9 Å². The summed E-state index contributed by atoms with van der Waals surface area (Å²) in [5.41, 5.74) is 3.49. The first kappa shape index (κ1) is 18.2. The predicted molar refractivity (Wildman–Crippen MR) is 107 cm³/mol. The highest BCUT2D eigenvalue weighted by molar-refractivity contribution is 7.71. The van der Waals surface area contributed by atoms with E-state index in [9.17, 15) is 4.79 Å². The van der Waals surface area contributed by atoms with Crippen molar-refractivity contribution < 1.29 is 4.79 Å². The van der Waals surface area contributed by atoms with Crippen molar-refractivity contribution in [3.05, 3.63) is 58.0 Å². The number of allylic oxidation sites excluding steroid dienone is 1. The molecular weight excluding hydrogens is 366 g/mol. The zero-order valence-electron chi connectivity index (χ0n) is 14.8. The molecule has 0 fully saturated rings. The van der Waals surface area contributed by atoms with Crippen molar-refractivity contribution in [1.29, 1.82) is 0 Å². The van der Waals surface area contributed by atoms with Crippen molar-refractivity contribution in [2.45, 2.75) is 27.3 Å². The largest absolute Gasteiger partial charge is 0.298 e. The minimum Gasteiger partial charge on any atom is -0.298 e. The first-order valence-electron chi connectivity index (χ1n) is 8.02. The Morgan fingerprint density at radius 3 is 2.69 bits per heavy atom. The fraction of sp³-hybridized carbons (Fsp3) is 0.222. The zero-order chi connectivity index (χ0) is 18.8. The number of nitrogens with zero attached hydrogens (tertiary/aromatic N) is 3. The molecule has 0 aliphatic heterocycles. The Morgan fingerprint density at radius 1 is 1.35 bits per heavy atom. The normalized spacial score (nSPS) is 10.7. The van der Waals surface area contributed by atoms with Gasteiger partial charge in [-0.3, -0.25) is 19.8 Å². The number of H-pyrrole nitrogens is 1. The van der Waals surface area contributed by atoms with Crippen LogP contribution in [0.25, 0.3) is 10.7 Å². The summed E-state index contributed by atoms with van der Waals surface area (Å²) < 4.78 is 2.37. The van der Waals surface area contributed by atoms with Gasteiger partial charge in [-0.05, 0) is 45.1 Å². The Morgan fingerprint density at radius 2 is 2.04 bits per heavy atom. The number of nitrogens with one attached hydrogen (secondary N) is 2. The molecule has 6 nitrogen and oxygen atoms in total. The molecule has 8 heteroatoms. The minimum atomic E-state index is -0.179. The van der Waals surface area contributed by atoms with Gasteiger partial charge in [0.25, 0.3) is 5.91 Å². The fourth-order valence-electron chi connectivity index (χ4n) is 2.72. The molecule has 2 heterocycles. The second-order valence-electron chi connectivity index (χ2n) is 6.02. The highest BCUT2D eigenvalue weighted by Crippen LogP contribution is 2.32. The number of thiazole rings is 1. The first-order chi connectivity index (χ1) is 12.4. The molecule has 134 valence electrons. The lowest BCUT2D eigenvalue weighted by Gasteiger charge is -2.04. The number of anilines is 1. The van der Waals surface area contributed by atoms with Gasteiger partial charge < -0.3 is 0 Å². The average Bonchev–Trinajstić information content (AvgIpc) is 3.10. The van der Waals surface area contributed by atoms with E-state index in [1.54, 1.807) is 6.08 Å². The van der Waals surface area contributed by atoms with Gasteiger partial charge in [-0.25, -0.2) is 4.98 Å². The van der Waals surface area contributed by atoms with E-state index in [-0.39, 0.29) is 5.91 Å². The molecule has 0 unspecified atom stereocenters. The number of amides is 1. The average molecular weight is 386 g/mol. The summed E-state index contributed by atoms with van der Waals surface area (Å²) in [7, 11) is 0. The van der Waals surface area contributed by atoms with Crippen molar-refractivity contribution in [2.24, 2.45) is 0 Å². The number of aromatic nitrogens is 4. The molecule has 1 aromatic carbocycles. The molecule has 0 atom stereocenters. The fourth-order valence-corrected chi connectivity index (χ4v) is 3.89. The number of hydrogen-bond acceptors (Lipinski definition) is 5. The van der Waals surface area contributed by atoms with Crippen LogP contribution < -0.4 is 5.32 Å². The molecular formula is C18H19N5OS2. The van der Waals surface area contributed by atoms with Crippen LogP contribution in [-0.2, 0) is 6.54 Å². The van der Waals surface area contributed by atoms with E-state index in [1.807, 2.05) is 43.5 Å². The van der Waals surface area contributed by atoms with Crippen LogP contribution in [0.1, 0.15) is 27.2 Å². The summed E-state index contributed by atoms with van der Waals surface area (Å²) in [6.07, 6.45) is 1.76. The highest BCUT2D eigenvalue weighted by Gasteiger charge is 2.17. The molecule has 0 aliphatic rings. The Bertz CT molecular complexity index is 1020. The number of aromatic amines is 1. The molecule has 0 radical (unpaired) electrons. The van der Waals surface area contributed by atoms with Crippen molar-refractivity contribution >= 4 is 34.6 Å². The maximum absolute atomic E-state index is 12.5. The van der Waals surface area contributed by atoms with Gasteiger partial charge in [0.05, 0.1) is 10.6 Å². The summed E-state index contributed by atoms with van der Waals surface area (Å²) >= 11 is 6.63. The molecule has 0 saturated carbocycles. The van der Waals surface area contributed by atoms with Crippen molar-refractivity contribution in [3.8, 4) is 10.7 Å². The minimum absolute atomic E-state index is 0.179.